The van der Waals surface area contributed by atoms with Crippen LogP contribution in [0.4, 0.5) is 11.4 Å². The summed E-state index contributed by atoms with van der Waals surface area (Å²) in [4.78, 5) is 2.61. The molecule has 108 valence electrons. The molecule has 0 saturated carbocycles. The lowest BCUT2D eigenvalue weighted by Gasteiger charge is -2.33. The van der Waals surface area contributed by atoms with Crippen molar-refractivity contribution in [3.05, 3.63) is 59.7 Å². The molecule has 2 aliphatic heterocycles. The summed E-state index contributed by atoms with van der Waals surface area (Å²) in [7, 11) is 0. The van der Waals surface area contributed by atoms with Crippen molar-refractivity contribution in [3.63, 3.8) is 0 Å². The Hall–Kier alpha value is -1.96. The molecule has 0 aliphatic carbocycles. The average Bonchev–Trinajstić information content (AvgIpc) is 2.83. The van der Waals surface area contributed by atoms with Crippen LogP contribution in [0, 0.1) is 5.92 Å². The van der Waals surface area contributed by atoms with Gasteiger partial charge in [-0.2, -0.15) is 0 Å². The highest BCUT2D eigenvalue weighted by atomic mass is 15.2. The summed E-state index contributed by atoms with van der Waals surface area (Å²) in [6.07, 6.45) is 2.38. The van der Waals surface area contributed by atoms with Gasteiger partial charge in [-0.15, -0.1) is 0 Å². The minimum atomic E-state index is 0.625. The lowest BCUT2D eigenvalue weighted by Crippen LogP contribution is -2.38. The van der Waals surface area contributed by atoms with Crippen LogP contribution in [-0.2, 0) is 12.8 Å². The van der Waals surface area contributed by atoms with Crippen LogP contribution in [0.2, 0.25) is 0 Å². The maximum absolute atomic E-state index is 3.60. The zero-order valence-corrected chi connectivity index (χ0v) is 12.5. The topological polar surface area (TPSA) is 15.3 Å². The summed E-state index contributed by atoms with van der Waals surface area (Å²) in [5.41, 5.74) is 5.75. The van der Waals surface area contributed by atoms with Crippen LogP contribution in [-0.4, -0.2) is 19.1 Å². The van der Waals surface area contributed by atoms with Gasteiger partial charge in [0.05, 0.1) is 0 Å². The molecule has 0 radical (unpaired) electrons. The van der Waals surface area contributed by atoms with E-state index < -0.39 is 0 Å². The Balaban J connectivity index is 1.53. The van der Waals surface area contributed by atoms with E-state index in [1.807, 2.05) is 0 Å². The van der Waals surface area contributed by atoms with Gasteiger partial charge in [0, 0.05) is 30.5 Å². The molecule has 2 nitrogen and oxygen atoms in total. The van der Waals surface area contributed by atoms with Crippen LogP contribution >= 0.6 is 0 Å². The third kappa shape index (κ3) is 2.29. The Morgan fingerprint density at radius 3 is 2.67 bits per heavy atom. The number of nitrogens with one attached hydrogen (secondary N) is 1. The van der Waals surface area contributed by atoms with Gasteiger partial charge in [-0.25, -0.2) is 0 Å². The Morgan fingerprint density at radius 2 is 1.76 bits per heavy atom. The van der Waals surface area contributed by atoms with Crippen molar-refractivity contribution < 1.29 is 0 Å². The van der Waals surface area contributed by atoms with Crippen molar-refractivity contribution in [1.82, 2.24) is 0 Å². The molecule has 0 fully saturated rings. The van der Waals surface area contributed by atoms with Gasteiger partial charge in [0.1, 0.15) is 0 Å². The number of para-hydroxylation sites is 2. The van der Waals surface area contributed by atoms with Crippen molar-refractivity contribution in [2.45, 2.75) is 25.8 Å². The predicted octanol–water partition coefficient (Wildman–Crippen LogP) is 3.72. The van der Waals surface area contributed by atoms with Crippen molar-refractivity contribution in [2.75, 3.05) is 23.3 Å². The Bertz CT molecular complexity index is 650. The van der Waals surface area contributed by atoms with Gasteiger partial charge < -0.3 is 10.2 Å². The van der Waals surface area contributed by atoms with E-state index in [1.54, 1.807) is 0 Å². The molecule has 0 bridgehead atoms. The van der Waals surface area contributed by atoms with Crippen LogP contribution < -0.4 is 10.2 Å². The first kappa shape index (κ1) is 12.8. The Labute approximate surface area is 126 Å². The third-order valence-electron chi connectivity index (χ3n) is 4.91. The monoisotopic (exact) mass is 278 g/mol. The zero-order chi connectivity index (χ0) is 14.2. The van der Waals surface area contributed by atoms with Crippen LogP contribution in [0.15, 0.2) is 48.5 Å². The second kappa shape index (κ2) is 5.10. The molecular formula is C19H22N2. The molecule has 1 N–H and O–H groups in total. The molecular weight excluding hydrogens is 256 g/mol. The number of nitrogens with zero attached hydrogens (tertiary/aromatic N) is 1. The van der Waals surface area contributed by atoms with Gasteiger partial charge in [0.2, 0.25) is 0 Å². The van der Waals surface area contributed by atoms with E-state index in [0.29, 0.717) is 12.0 Å². The van der Waals surface area contributed by atoms with Crippen LogP contribution in [0.3, 0.4) is 0 Å². The summed E-state index contributed by atoms with van der Waals surface area (Å²) >= 11 is 0. The Morgan fingerprint density at radius 1 is 1.00 bits per heavy atom. The third-order valence-corrected chi connectivity index (χ3v) is 4.91. The molecule has 2 atom stereocenters. The molecule has 21 heavy (non-hydrogen) atoms. The number of hydrogen-bond acceptors (Lipinski definition) is 2. The molecule has 2 aliphatic rings. The van der Waals surface area contributed by atoms with Crippen LogP contribution in [0.5, 0.6) is 0 Å². The molecule has 2 aromatic rings. The van der Waals surface area contributed by atoms with E-state index in [4.69, 9.17) is 0 Å². The summed E-state index contributed by atoms with van der Waals surface area (Å²) in [5.74, 6) is 0.688. The summed E-state index contributed by atoms with van der Waals surface area (Å²) in [5, 5.41) is 3.60. The lowest BCUT2D eigenvalue weighted by atomic mass is 9.93. The summed E-state index contributed by atoms with van der Waals surface area (Å²) < 4.78 is 0. The molecule has 2 unspecified atom stereocenters. The normalized spacial score (nSPS) is 23.4. The van der Waals surface area contributed by atoms with Crippen molar-refractivity contribution in [1.29, 1.82) is 0 Å². The fourth-order valence-corrected chi connectivity index (χ4v) is 3.82. The number of anilines is 2. The second-order valence-electron chi connectivity index (χ2n) is 6.44. The van der Waals surface area contributed by atoms with E-state index in [2.05, 4.69) is 65.7 Å². The average molecular weight is 278 g/mol. The fourth-order valence-electron chi connectivity index (χ4n) is 3.82. The van der Waals surface area contributed by atoms with Gasteiger partial charge in [-0.05, 0) is 48.9 Å². The fraction of sp³-hybridized carbons (Fsp3) is 0.368. The van der Waals surface area contributed by atoms with Gasteiger partial charge in [-0.3, -0.25) is 0 Å². The van der Waals surface area contributed by atoms with E-state index in [9.17, 15) is 0 Å². The predicted molar refractivity (Wildman–Crippen MR) is 89.1 cm³/mol. The van der Waals surface area contributed by atoms with Gasteiger partial charge in [-0.1, -0.05) is 36.4 Å². The second-order valence-corrected chi connectivity index (χ2v) is 6.44. The first-order valence-electron chi connectivity index (χ1n) is 7.97. The molecule has 0 amide bonds. The van der Waals surface area contributed by atoms with Crippen molar-refractivity contribution in [2.24, 2.45) is 5.92 Å². The lowest BCUT2D eigenvalue weighted by molar-refractivity contribution is 0.503. The van der Waals surface area contributed by atoms with E-state index in [-0.39, 0.29) is 0 Å². The van der Waals surface area contributed by atoms with Crippen molar-refractivity contribution >= 4 is 11.4 Å². The number of rotatable bonds is 2. The highest BCUT2D eigenvalue weighted by Crippen LogP contribution is 2.34. The first-order valence-corrected chi connectivity index (χ1v) is 7.97. The quantitative estimate of drug-likeness (QED) is 0.900. The van der Waals surface area contributed by atoms with Crippen molar-refractivity contribution in [3.8, 4) is 0 Å². The van der Waals surface area contributed by atoms with Crippen LogP contribution in [0.25, 0.3) is 0 Å². The highest BCUT2D eigenvalue weighted by molar-refractivity contribution is 5.59. The highest BCUT2D eigenvalue weighted by Gasteiger charge is 2.28. The van der Waals surface area contributed by atoms with Gasteiger partial charge in [0.15, 0.2) is 0 Å². The van der Waals surface area contributed by atoms with Crippen LogP contribution in [0.1, 0.15) is 18.1 Å². The standard InChI is InChI=1S/C19H22N2/c1-14-10-17-7-3-5-9-19(17)21(14)13-15-11-16-6-2-4-8-18(16)20-12-15/h2-9,14-15,20H,10-13H2,1H3. The molecule has 0 aromatic heterocycles. The largest absolute Gasteiger partial charge is 0.384 e. The van der Waals surface area contributed by atoms with E-state index >= 15 is 0 Å². The SMILES string of the molecule is CC1Cc2ccccc2N1CC1CNc2ccccc2C1. The molecule has 0 spiro atoms. The Kier molecular flexibility index (Phi) is 3.10. The maximum Gasteiger partial charge on any atom is 0.0402 e. The smallest absolute Gasteiger partial charge is 0.0402 e. The van der Waals surface area contributed by atoms with E-state index in [1.165, 1.54) is 35.3 Å². The number of benzene rings is 2. The first-order chi connectivity index (χ1) is 10.3. The summed E-state index contributed by atoms with van der Waals surface area (Å²) in [6, 6.07) is 18.2. The molecule has 4 rings (SSSR count). The van der Waals surface area contributed by atoms with Gasteiger partial charge in [0.25, 0.3) is 0 Å². The molecule has 0 saturated heterocycles. The van der Waals surface area contributed by atoms with E-state index in [0.717, 1.165) is 13.1 Å². The molecule has 2 aromatic carbocycles. The summed E-state index contributed by atoms with van der Waals surface area (Å²) in [6.45, 7) is 4.59. The minimum absolute atomic E-state index is 0.625. The molecule has 2 heteroatoms. The minimum Gasteiger partial charge on any atom is -0.384 e. The number of hydrogen-bond donors (Lipinski definition) is 1. The number of fused-ring (bicyclic) bond motifs is 2. The molecule has 2 heterocycles. The maximum atomic E-state index is 3.60. The zero-order valence-electron chi connectivity index (χ0n) is 12.5. The van der Waals surface area contributed by atoms with Gasteiger partial charge >= 0.3 is 0 Å².